The van der Waals surface area contributed by atoms with E-state index in [0.717, 1.165) is 5.56 Å². The Balaban J connectivity index is 2.25. The summed E-state index contributed by atoms with van der Waals surface area (Å²) in [6.45, 7) is 0. The van der Waals surface area contributed by atoms with Gasteiger partial charge in [-0.25, -0.2) is 0 Å². The van der Waals surface area contributed by atoms with Crippen molar-refractivity contribution >= 4 is 44.8 Å². The van der Waals surface area contributed by atoms with Gasteiger partial charge in [-0.15, -0.1) is 0 Å². The van der Waals surface area contributed by atoms with Gasteiger partial charge in [-0.05, 0) is 23.8 Å². The van der Waals surface area contributed by atoms with Crippen LogP contribution in [0.1, 0.15) is 15.9 Å². The van der Waals surface area contributed by atoms with E-state index >= 15 is 0 Å². The number of hydrogen-bond donors (Lipinski definition) is 1. The second-order valence-electron chi connectivity index (χ2n) is 4.24. The van der Waals surface area contributed by atoms with Crippen molar-refractivity contribution in [3.05, 3.63) is 68.7 Å². The Morgan fingerprint density at radius 2 is 2.05 bits per heavy atom. The fourth-order valence-corrected chi connectivity index (χ4v) is 2.32. The van der Waals surface area contributed by atoms with Gasteiger partial charge in [0.2, 0.25) is 0 Å². The van der Waals surface area contributed by atoms with Crippen LogP contribution in [0.3, 0.4) is 0 Å². The fraction of sp³-hybridized carbons (Fsp3) is 0.0714. The Labute approximate surface area is 134 Å². The Kier molecular flexibility index (Phi) is 4.93. The van der Waals surface area contributed by atoms with E-state index in [-0.39, 0.29) is 16.3 Å². The van der Waals surface area contributed by atoms with Crippen molar-refractivity contribution in [3.8, 4) is 0 Å². The molecular weight excluding hydrogens is 360 g/mol. The van der Waals surface area contributed by atoms with Gasteiger partial charge in [0.25, 0.3) is 11.6 Å². The van der Waals surface area contributed by atoms with Gasteiger partial charge in [0.15, 0.2) is 0 Å². The third-order valence-electron chi connectivity index (χ3n) is 2.69. The molecule has 0 atom stereocenters. The number of hydrogen-bond acceptors (Lipinski definition) is 3. The van der Waals surface area contributed by atoms with Crippen molar-refractivity contribution in [2.75, 3.05) is 5.32 Å². The molecule has 0 saturated heterocycles. The third-order valence-corrected chi connectivity index (χ3v) is 3.56. The van der Waals surface area contributed by atoms with Crippen molar-refractivity contribution in [2.45, 2.75) is 5.33 Å². The molecule has 0 aliphatic rings. The lowest BCUT2D eigenvalue weighted by Crippen LogP contribution is -2.12. The van der Waals surface area contributed by atoms with Crippen LogP contribution in [0, 0.1) is 10.1 Å². The van der Waals surface area contributed by atoms with E-state index in [4.69, 9.17) is 11.6 Å². The monoisotopic (exact) mass is 368 g/mol. The van der Waals surface area contributed by atoms with Crippen LogP contribution in [0.25, 0.3) is 0 Å². The van der Waals surface area contributed by atoms with Crippen LogP contribution >= 0.6 is 27.5 Å². The van der Waals surface area contributed by atoms with Crippen LogP contribution in [-0.4, -0.2) is 10.8 Å². The molecule has 1 amide bonds. The number of carbonyl (C=O) groups excluding carboxylic acids is 1. The summed E-state index contributed by atoms with van der Waals surface area (Å²) in [6, 6.07) is 11.0. The second kappa shape index (κ2) is 6.69. The molecule has 0 saturated carbocycles. The molecule has 0 spiro atoms. The summed E-state index contributed by atoms with van der Waals surface area (Å²) in [4.78, 5) is 22.3. The first-order valence-electron chi connectivity index (χ1n) is 5.91. The first-order chi connectivity index (χ1) is 9.99. The summed E-state index contributed by atoms with van der Waals surface area (Å²) >= 11 is 9.13. The minimum Gasteiger partial charge on any atom is -0.322 e. The maximum Gasteiger partial charge on any atom is 0.271 e. The predicted molar refractivity (Wildman–Crippen MR) is 85.1 cm³/mol. The number of rotatable bonds is 4. The molecule has 2 aromatic carbocycles. The molecular formula is C14H10BrClN2O3. The molecule has 0 bridgehead atoms. The van der Waals surface area contributed by atoms with Crippen molar-refractivity contribution in [1.82, 2.24) is 0 Å². The van der Waals surface area contributed by atoms with Gasteiger partial charge in [0, 0.05) is 33.7 Å². The fourth-order valence-electron chi connectivity index (χ4n) is 1.75. The summed E-state index contributed by atoms with van der Waals surface area (Å²) in [5, 5.41) is 14.3. The number of nitro groups is 1. The SMILES string of the molecule is O=C(Nc1cccc(CBr)c1)c1cc(Cl)cc([N+](=O)[O-])c1. The zero-order chi connectivity index (χ0) is 15.4. The van der Waals surface area contributed by atoms with Gasteiger partial charge in [-0.2, -0.15) is 0 Å². The van der Waals surface area contributed by atoms with Gasteiger partial charge in [0.05, 0.1) is 4.92 Å². The van der Waals surface area contributed by atoms with Crippen LogP contribution in [0.2, 0.25) is 5.02 Å². The quantitative estimate of drug-likeness (QED) is 0.493. The van der Waals surface area contributed by atoms with E-state index in [2.05, 4.69) is 21.2 Å². The normalized spacial score (nSPS) is 10.2. The first-order valence-corrected chi connectivity index (χ1v) is 7.41. The van der Waals surface area contributed by atoms with Crippen LogP contribution < -0.4 is 5.32 Å². The number of alkyl halides is 1. The highest BCUT2D eigenvalue weighted by Crippen LogP contribution is 2.22. The predicted octanol–water partition coefficient (Wildman–Crippen LogP) is 4.40. The number of amides is 1. The zero-order valence-electron chi connectivity index (χ0n) is 10.7. The van der Waals surface area contributed by atoms with Gasteiger partial charge < -0.3 is 5.32 Å². The Morgan fingerprint density at radius 3 is 2.71 bits per heavy atom. The number of carbonyl (C=O) groups is 1. The molecule has 2 rings (SSSR count). The summed E-state index contributed by atoms with van der Waals surface area (Å²) in [5.74, 6) is -0.452. The maximum atomic E-state index is 12.1. The lowest BCUT2D eigenvalue weighted by Gasteiger charge is -2.07. The van der Waals surface area contributed by atoms with Crippen LogP contribution in [0.5, 0.6) is 0 Å². The zero-order valence-corrected chi connectivity index (χ0v) is 13.0. The standard InChI is InChI=1S/C14H10BrClN2O3/c15-8-9-2-1-3-12(4-9)17-14(19)10-5-11(16)7-13(6-10)18(20)21/h1-7H,8H2,(H,17,19). The average Bonchev–Trinajstić information content (AvgIpc) is 2.46. The van der Waals surface area contributed by atoms with Gasteiger partial charge >= 0.3 is 0 Å². The highest BCUT2D eigenvalue weighted by atomic mass is 79.9. The molecule has 108 valence electrons. The van der Waals surface area contributed by atoms with Crippen molar-refractivity contribution in [1.29, 1.82) is 0 Å². The molecule has 7 heteroatoms. The van der Waals surface area contributed by atoms with E-state index in [1.807, 2.05) is 18.2 Å². The number of nitrogens with zero attached hydrogens (tertiary/aromatic N) is 1. The molecule has 0 unspecified atom stereocenters. The van der Waals surface area contributed by atoms with Crippen molar-refractivity contribution < 1.29 is 9.72 Å². The Bertz CT molecular complexity index is 706. The molecule has 1 N–H and O–H groups in total. The number of anilines is 1. The van der Waals surface area contributed by atoms with Gasteiger partial charge in [-0.1, -0.05) is 39.7 Å². The molecule has 5 nitrogen and oxygen atoms in total. The number of non-ortho nitro benzene ring substituents is 1. The highest BCUT2D eigenvalue weighted by molar-refractivity contribution is 9.08. The third kappa shape index (κ3) is 4.03. The molecule has 0 heterocycles. The lowest BCUT2D eigenvalue weighted by molar-refractivity contribution is -0.384. The van der Waals surface area contributed by atoms with Crippen LogP contribution in [-0.2, 0) is 5.33 Å². The van der Waals surface area contributed by atoms with E-state index in [1.165, 1.54) is 18.2 Å². The molecule has 21 heavy (non-hydrogen) atoms. The maximum absolute atomic E-state index is 12.1. The average molecular weight is 370 g/mol. The number of benzene rings is 2. The summed E-state index contributed by atoms with van der Waals surface area (Å²) in [6.07, 6.45) is 0. The summed E-state index contributed by atoms with van der Waals surface area (Å²) < 4.78 is 0. The Morgan fingerprint density at radius 1 is 1.29 bits per heavy atom. The highest BCUT2D eigenvalue weighted by Gasteiger charge is 2.14. The van der Waals surface area contributed by atoms with E-state index in [0.29, 0.717) is 11.0 Å². The summed E-state index contributed by atoms with van der Waals surface area (Å²) in [7, 11) is 0. The number of nitro benzene ring substituents is 1. The number of halogens is 2. The van der Waals surface area contributed by atoms with E-state index in [9.17, 15) is 14.9 Å². The molecule has 0 fully saturated rings. The minimum atomic E-state index is -0.589. The topological polar surface area (TPSA) is 72.2 Å². The van der Waals surface area contributed by atoms with Crippen LogP contribution in [0.4, 0.5) is 11.4 Å². The molecule has 0 aliphatic carbocycles. The molecule has 0 radical (unpaired) electrons. The molecule has 0 aromatic heterocycles. The van der Waals surface area contributed by atoms with Gasteiger partial charge in [-0.3, -0.25) is 14.9 Å². The largest absolute Gasteiger partial charge is 0.322 e. The van der Waals surface area contributed by atoms with Gasteiger partial charge in [0.1, 0.15) is 0 Å². The van der Waals surface area contributed by atoms with Crippen molar-refractivity contribution in [3.63, 3.8) is 0 Å². The van der Waals surface area contributed by atoms with E-state index in [1.54, 1.807) is 6.07 Å². The smallest absolute Gasteiger partial charge is 0.271 e. The number of nitrogens with one attached hydrogen (secondary N) is 1. The summed E-state index contributed by atoms with van der Waals surface area (Å²) in [5.41, 5.74) is 1.53. The second-order valence-corrected chi connectivity index (χ2v) is 5.24. The first kappa shape index (κ1) is 15.5. The van der Waals surface area contributed by atoms with Crippen molar-refractivity contribution in [2.24, 2.45) is 0 Å². The lowest BCUT2D eigenvalue weighted by atomic mass is 10.1. The Hall–Kier alpha value is -1.92. The minimum absolute atomic E-state index is 0.137. The molecule has 2 aromatic rings. The van der Waals surface area contributed by atoms with Crippen LogP contribution in [0.15, 0.2) is 42.5 Å². The van der Waals surface area contributed by atoms with E-state index < -0.39 is 10.8 Å². The molecule has 0 aliphatic heterocycles.